The molecule has 2 aromatic carbocycles. The number of amides is 3. The summed E-state index contributed by atoms with van der Waals surface area (Å²) in [6.07, 6.45) is 3.85. The zero-order valence-corrected chi connectivity index (χ0v) is 18.9. The van der Waals surface area contributed by atoms with E-state index in [0.29, 0.717) is 6.54 Å². The molecule has 32 heavy (non-hydrogen) atoms. The van der Waals surface area contributed by atoms with Gasteiger partial charge in [0.25, 0.3) is 0 Å². The van der Waals surface area contributed by atoms with Gasteiger partial charge in [-0.25, -0.2) is 4.79 Å². The second-order valence-electron chi connectivity index (χ2n) is 8.32. The Morgan fingerprint density at radius 2 is 1.59 bits per heavy atom. The Balaban J connectivity index is 1.77. The van der Waals surface area contributed by atoms with Crippen molar-refractivity contribution >= 4 is 17.6 Å². The van der Waals surface area contributed by atoms with E-state index >= 15 is 0 Å². The van der Waals surface area contributed by atoms with E-state index in [1.54, 1.807) is 19.0 Å². The molecule has 6 nitrogen and oxygen atoms in total. The molecule has 0 saturated carbocycles. The van der Waals surface area contributed by atoms with E-state index in [-0.39, 0.29) is 24.5 Å². The minimum Gasteiger partial charge on any atom is -0.331 e. The molecule has 0 aliphatic carbocycles. The van der Waals surface area contributed by atoms with Crippen LogP contribution in [0.4, 0.5) is 10.5 Å². The van der Waals surface area contributed by atoms with Crippen LogP contribution in [0.5, 0.6) is 0 Å². The number of aromatic nitrogens is 1. The van der Waals surface area contributed by atoms with Gasteiger partial charge in [0.15, 0.2) is 0 Å². The maximum absolute atomic E-state index is 13.9. The molecule has 3 amide bonds. The number of carbonyl (C=O) groups excluding carboxylic acids is 2. The van der Waals surface area contributed by atoms with E-state index in [9.17, 15) is 9.59 Å². The fourth-order valence-electron chi connectivity index (χ4n) is 4.33. The van der Waals surface area contributed by atoms with E-state index in [1.807, 2.05) is 59.6 Å². The summed E-state index contributed by atoms with van der Waals surface area (Å²) in [7, 11) is 3.45. The van der Waals surface area contributed by atoms with Gasteiger partial charge in [-0.2, -0.15) is 0 Å². The fraction of sp³-hybridized carbons (Fsp3) is 0.308. The minimum absolute atomic E-state index is 0.0371. The quantitative estimate of drug-likeness (QED) is 0.569. The number of unbranched alkanes of at least 4 members (excludes halogenated alkanes) is 1. The first kappa shape index (κ1) is 21.7. The third kappa shape index (κ3) is 4.00. The van der Waals surface area contributed by atoms with Crippen LogP contribution in [-0.4, -0.2) is 53.5 Å². The van der Waals surface area contributed by atoms with Crippen LogP contribution < -0.4 is 4.90 Å². The van der Waals surface area contributed by atoms with Crippen molar-refractivity contribution < 1.29 is 9.59 Å². The van der Waals surface area contributed by atoms with Gasteiger partial charge in [0, 0.05) is 26.8 Å². The second kappa shape index (κ2) is 9.30. The standard InChI is InChI=1S/C26H30N4O2/c1-4-5-17-28(26(32)27(2)3)19-24(31)30-22-15-10-9-14-21(22)29-18-11-16-23(29)25(30)20-12-7-6-8-13-20/h6-16,18,25H,4-5,17,19H2,1-3H3. The Morgan fingerprint density at radius 1 is 0.906 bits per heavy atom. The first-order valence-electron chi connectivity index (χ1n) is 11.1. The molecule has 0 spiro atoms. The highest BCUT2D eigenvalue weighted by Crippen LogP contribution is 2.42. The van der Waals surface area contributed by atoms with Crippen molar-refractivity contribution in [2.75, 3.05) is 32.1 Å². The predicted molar refractivity (Wildman–Crippen MR) is 127 cm³/mol. The zero-order valence-electron chi connectivity index (χ0n) is 18.9. The van der Waals surface area contributed by atoms with Crippen molar-refractivity contribution in [3.8, 4) is 5.69 Å². The molecule has 1 atom stereocenters. The predicted octanol–water partition coefficient (Wildman–Crippen LogP) is 4.70. The summed E-state index contributed by atoms with van der Waals surface area (Å²) in [4.78, 5) is 31.7. The largest absolute Gasteiger partial charge is 0.331 e. The van der Waals surface area contributed by atoms with Crippen molar-refractivity contribution in [1.82, 2.24) is 14.4 Å². The molecule has 1 aliphatic rings. The lowest BCUT2D eigenvalue weighted by Gasteiger charge is -2.39. The molecule has 1 unspecified atom stereocenters. The summed E-state index contributed by atoms with van der Waals surface area (Å²) < 4.78 is 2.15. The summed E-state index contributed by atoms with van der Waals surface area (Å²) in [5.74, 6) is -0.0925. The third-order valence-corrected chi connectivity index (χ3v) is 5.86. The topological polar surface area (TPSA) is 48.8 Å². The molecule has 1 aliphatic heterocycles. The van der Waals surface area contributed by atoms with Crippen molar-refractivity contribution in [3.05, 3.63) is 84.2 Å². The van der Waals surface area contributed by atoms with Crippen molar-refractivity contribution in [2.24, 2.45) is 0 Å². The summed E-state index contributed by atoms with van der Waals surface area (Å²) >= 11 is 0. The molecule has 0 radical (unpaired) electrons. The molecular weight excluding hydrogens is 400 g/mol. The number of para-hydroxylation sites is 2. The number of hydrogen-bond acceptors (Lipinski definition) is 2. The van der Waals surface area contributed by atoms with E-state index in [2.05, 4.69) is 29.7 Å². The van der Waals surface area contributed by atoms with Gasteiger partial charge < -0.3 is 14.4 Å². The van der Waals surface area contributed by atoms with Gasteiger partial charge in [0.05, 0.1) is 17.1 Å². The maximum Gasteiger partial charge on any atom is 0.319 e. The van der Waals surface area contributed by atoms with E-state index in [1.165, 1.54) is 4.90 Å². The molecule has 2 heterocycles. The molecule has 0 saturated heterocycles. The number of nitrogens with zero attached hydrogens (tertiary/aromatic N) is 4. The van der Waals surface area contributed by atoms with E-state index in [4.69, 9.17) is 0 Å². The Bertz CT molecular complexity index is 1090. The highest BCUT2D eigenvalue weighted by Gasteiger charge is 2.36. The van der Waals surface area contributed by atoms with Crippen LogP contribution in [0.3, 0.4) is 0 Å². The van der Waals surface area contributed by atoms with Crippen LogP contribution in [-0.2, 0) is 4.79 Å². The molecule has 0 N–H and O–H groups in total. The van der Waals surface area contributed by atoms with Crippen LogP contribution in [0.1, 0.15) is 37.1 Å². The van der Waals surface area contributed by atoms with Crippen molar-refractivity contribution in [3.63, 3.8) is 0 Å². The number of benzene rings is 2. The molecule has 1 aromatic heterocycles. The SMILES string of the molecule is CCCCN(CC(=O)N1c2ccccc2-n2cccc2C1c1ccccc1)C(=O)N(C)C. The number of carbonyl (C=O) groups is 2. The normalized spacial score (nSPS) is 14.5. The number of hydrogen-bond donors (Lipinski definition) is 0. The molecule has 166 valence electrons. The average Bonchev–Trinajstić information content (AvgIpc) is 3.30. The summed E-state index contributed by atoms with van der Waals surface area (Å²) in [5.41, 5.74) is 3.88. The Labute approximate surface area is 189 Å². The Kier molecular flexibility index (Phi) is 6.30. The van der Waals surface area contributed by atoms with Gasteiger partial charge in [-0.1, -0.05) is 55.8 Å². The molecule has 0 fully saturated rings. The van der Waals surface area contributed by atoms with Crippen LogP contribution in [0.25, 0.3) is 5.69 Å². The molecule has 3 aromatic rings. The first-order chi connectivity index (χ1) is 15.5. The monoisotopic (exact) mass is 430 g/mol. The average molecular weight is 431 g/mol. The van der Waals surface area contributed by atoms with Crippen LogP contribution in [0.2, 0.25) is 0 Å². The van der Waals surface area contributed by atoms with Gasteiger partial charge in [-0.3, -0.25) is 9.69 Å². The lowest BCUT2D eigenvalue weighted by Crippen LogP contribution is -2.49. The summed E-state index contributed by atoms with van der Waals surface area (Å²) in [6.45, 7) is 2.68. The molecule has 4 rings (SSSR count). The van der Waals surface area contributed by atoms with Crippen molar-refractivity contribution in [2.45, 2.75) is 25.8 Å². The Morgan fingerprint density at radius 3 is 2.28 bits per heavy atom. The minimum atomic E-state index is -0.268. The van der Waals surface area contributed by atoms with Gasteiger partial charge >= 0.3 is 6.03 Å². The lowest BCUT2D eigenvalue weighted by molar-refractivity contribution is -0.119. The van der Waals surface area contributed by atoms with Crippen molar-refractivity contribution in [1.29, 1.82) is 0 Å². The number of rotatable bonds is 6. The summed E-state index contributed by atoms with van der Waals surface area (Å²) in [5, 5.41) is 0. The van der Waals surface area contributed by atoms with Gasteiger partial charge in [-0.05, 0) is 36.2 Å². The number of anilines is 1. The van der Waals surface area contributed by atoms with Gasteiger partial charge in [0.1, 0.15) is 12.6 Å². The van der Waals surface area contributed by atoms with E-state index < -0.39 is 0 Å². The highest BCUT2D eigenvalue weighted by molar-refractivity contribution is 6.00. The lowest BCUT2D eigenvalue weighted by atomic mass is 9.97. The van der Waals surface area contributed by atoms with Crippen LogP contribution in [0, 0.1) is 0 Å². The smallest absolute Gasteiger partial charge is 0.319 e. The van der Waals surface area contributed by atoms with Crippen LogP contribution in [0.15, 0.2) is 72.9 Å². The number of fused-ring (bicyclic) bond motifs is 3. The number of urea groups is 1. The molecular formula is C26H30N4O2. The van der Waals surface area contributed by atoms with Gasteiger partial charge in [-0.15, -0.1) is 0 Å². The second-order valence-corrected chi connectivity index (χ2v) is 8.32. The Hall–Kier alpha value is -3.54. The van der Waals surface area contributed by atoms with Gasteiger partial charge in [0.2, 0.25) is 5.91 Å². The molecule has 6 heteroatoms. The maximum atomic E-state index is 13.9. The van der Waals surface area contributed by atoms with E-state index in [0.717, 1.165) is 35.5 Å². The fourth-order valence-corrected chi connectivity index (χ4v) is 4.33. The molecule has 0 bridgehead atoms. The zero-order chi connectivity index (χ0) is 22.7. The summed E-state index contributed by atoms with van der Waals surface area (Å²) in [6, 6.07) is 21.7. The first-order valence-corrected chi connectivity index (χ1v) is 11.1. The third-order valence-electron chi connectivity index (χ3n) is 5.86. The highest BCUT2D eigenvalue weighted by atomic mass is 16.2. The van der Waals surface area contributed by atoms with Crippen LogP contribution >= 0.6 is 0 Å².